The van der Waals surface area contributed by atoms with Crippen LogP contribution in [0.15, 0.2) is 28.7 Å². The Morgan fingerprint density at radius 2 is 2.06 bits per heavy atom. The molecule has 0 unspecified atom stereocenters. The van der Waals surface area contributed by atoms with Crippen LogP contribution in [0.1, 0.15) is 6.42 Å². The second-order valence-corrected chi connectivity index (χ2v) is 7.12. The van der Waals surface area contributed by atoms with Crippen molar-refractivity contribution in [3.8, 4) is 0 Å². The van der Waals surface area contributed by atoms with Gasteiger partial charge in [0.2, 0.25) is 15.9 Å². The summed E-state index contributed by atoms with van der Waals surface area (Å²) in [6.07, 6.45) is -0.0625. The summed E-state index contributed by atoms with van der Waals surface area (Å²) in [6.45, 7) is 0. The summed E-state index contributed by atoms with van der Waals surface area (Å²) in [5.41, 5.74) is 0.636. The van der Waals surface area contributed by atoms with Gasteiger partial charge < -0.3 is 5.32 Å². The van der Waals surface area contributed by atoms with Gasteiger partial charge in [-0.25, -0.2) is 12.7 Å². The van der Waals surface area contributed by atoms with Gasteiger partial charge in [0.05, 0.1) is 5.75 Å². The van der Waals surface area contributed by atoms with Gasteiger partial charge >= 0.3 is 0 Å². The van der Waals surface area contributed by atoms with E-state index >= 15 is 0 Å². The van der Waals surface area contributed by atoms with E-state index in [1.54, 1.807) is 18.2 Å². The first-order chi connectivity index (χ1) is 8.31. The first-order valence-electron chi connectivity index (χ1n) is 5.27. The second kappa shape index (κ2) is 6.31. The third-order valence-electron chi connectivity index (χ3n) is 2.25. The van der Waals surface area contributed by atoms with Crippen molar-refractivity contribution >= 4 is 37.5 Å². The minimum atomic E-state index is -3.33. The number of hydrogen-bond acceptors (Lipinski definition) is 3. The Kier molecular flexibility index (Phi) is 5.30. The normalized spacial score (nSPS) is 11.6. The van der Waals surface area contributed by atoms with E-state index < -0.39 is 10.0 Å². The zero-order valence-electron chi connectivity index (χ0n) is 10.2. The number of hydrogen-bond donors (Lipinski definition) is 1. The lowest BCUT2D eigenvalue weighted by Crippen LogP contribution is -2.27. The number of carbonyl (C=O) groups excluding carboxylic acids is 1. The molecule has 0 spiro atoms. The highest BCUT2D eigenvalue weighted by Gasteiger charge is 2.15. The highest BCUT2D eigenvalue weighted by atomic mass is 79.9. The fraction of sp³-hybridized carbons (Fsp3) is 0.364. The number of carbonyl (C=O) groups is 1. The third-order valence-corrected chi connectivity index (χ3v) is 4.58. The Morgan fingerprint density at radius 3 is 2.61 bits per heavy atom. The van der Waals surface area contributed by atoms with Gasteiger partial charge in [-0.15, -0.1) is 0 Å². The molecule has 0 heterocycles. The van der Waals surface area contributed by atoms with Gasteiger partial charge in [-0.3, -0.25) is 4.79 Å². The van der Waals surface area contributed by atoms with E-state index in [1.807, 2.05) is 6.07 Å². The predicted molar refractivity (Wildman–Crippen MR) is 74.9 cm³/mol. The molecule has 18 heavy (non-hydrogen) atoms. The van der Waals surface area contributed by atoms with E-state index in [0.29, 0.717) is 5.69 Å². The molecule has 0 saturated heterocycles. The molecule has 0 radical (unpaired) electrons. The number of sulfonamides is 1. The molecule has 0 bridgehead atoms. The van der Waals surface area contributed by atoms with E-state index in [1.165, 1.54) is 14.1 Å². The summed E-state index contributed by atoms with van der Waals surface area (Å²) in [5.74, 6) is -0.515. The van der Waals surface area contributed by atoms with Crippen LogP contribution in [-0.4, -0.2) is 38.5 Å². The Balaban J connectivity index is 2.53. The Morgan fingerprint density at radius 1 is 1.39 bits per heavy atom. The van der Waals surface area contributed by atoms with E-state index in [2.05, 4.69) is 21.2 Å². The van der Waals surface area contributed by atoms with Gasteiger partial charge in [-0.2, -0.15) is 0 Å². The SMILES string of the molecule is CN(C)S(=O)(=O)CCC(=O)Nc1cccc(Br)c1. The zero-order valence-corrected chi connectivity index (χ0v) is 12.6. The molecule has 0 aliphatic heterocycles. The second-order valence-electron chi connectivity index (χ2n) is 3.91. The Labute approximate surface area is 115 Å². The van der Waals surface area contributed by atoms with Crippen LogP contribution in [-0.2, 0) is 14.8 Å². The van der Waals surface area contributed by atoms with E-state index in [4.69, 9.17) is 0 Å². The summed E-state index contributed by atoms with van der Waals surface area (Å²) in [7, 11) is -0.439. The largest absolute Gasteiger partial charge is 0.326 e. The van der Waals surface area contributed by atoms with Crippen molar-refractivity contribution in [1.82, 2.24) is 4.31 Å². The summed E-state index contributed by atoms with van der Waals surface area (Å²) in [5, 5.41) is 2.64. The topological polar surface area (TPSA) is 66.5 Å². The van der Waals surface area contributed by atoms with Crippen LogP contribution in [0.25, 0.3) is 0 Å². The van der Waals surface area contributed by atoms with Crippen LogP contribution >= 0.6 is 15.9 Å². The minimum absolute atomic E-state index is 0.0625. The van der Waals surface area contributed by atoms with Crippen molar-refractivity contribution in [3.05, 3.63) is 28.7 Å². The van der Waals surface area contributed by atoms with Crippen molar-refractivity contribution in [3.63, 3.8) is 0 Å². The highest BCUT2D eigenvalue weighted by molar-refractivity contribution is 9.10. The molecule has 0 saturated carbocycles. The predicted octanol–water partition coefficient (Wildman–Crippen LogP) is 1.67. The first-order valence-corrected chi connectivity index (χ1v) is 7.67. The smallest absolute Gasteiger partial charge is 0.225 e. The summed E-state index contributed by atoms with van der Waals surface area (Å²) in [6, 6.07) is 7.11. The number of benzene rings is 1. The van der Waals surface area contributed by atoms with Crippen LogP contribution in [0.2, 0.25) is 0 Å². The standard InChI is InChI=1S/C11H15BrN2O3S/c1-14(2)18(16,17)7-6-11(15)13-10-5-3-4-9(12)8-10/h3-5,8H,6-7H2,1-2H3,(H,13,15). The summed E-state index contributed by atoms with van der Waals surface area (Å²) in [4.78, 5) is 11.6. The molecule has 1 aromatic carbocycles. The first kappa shape index (κ1) is 15.1. The quantitative estimate of drug-likeness (QED) is 0.890. The van der Waals surface area contributed by atoms with Crippen LogP contribution in [0, 0.1) is 0 Å². The van der Waals surface area contributed by atoms with Crippen molar-refractivity contribution < 1.29 is 13.2 Å². The molecule has 0 aromatic heterocycles. The maximum Gasteiger partial charge on any atom is 0.225 e. The molecule has 0 fully saturated rings. The van der Waals surface area contributed by atoms with E-state index in [-0.39, 0.29) is 18.1 Å². The molecule has 7 heteroatoms. The van der Waals surface area contributed by atoms with Crippen LogP contribution in [0.3, 0.4) is 0 Å². The molecule has 100 valence electrons. The lowest BCUT2D eigenvalue weighted by molar-refractivity contribution is -0.115. The van der Waals surface area contributed by atoms with Gasteiger partial charge in [0, 0.05) is 30.7 Å². The summed E-state index contributed by atoms with van der Waals surface area (Å²) >= 11 is 3.29. The molecular weight excluding hydrogens is 320 g/mol. The average molecular weight is 335 g/mol. The fourth-order valence-corrected chi connectivity index (χ4v) is 2.40. The van der Waals surface area contributed by atoms with Gasteiger partial charge in [0.25, 0.3) is 0 Å². The Hall–Kier alpha value is -0.920. The lowest BCUT2D eigenvalue weighted by Gasteiger charge is -2.11. The zero-order chi connectivity index (χ0) is 13.8. The van der Waals surface area contributed by atoms with E-state index in [9.17, 15) is 13.2 Å². The molecule has 1 amide bonds. The lowest BCUT2D eigenvalue weighted by atomic mass is 10.3. The third kappa shape index (κ3) is 4.75. The van der Waals surface area contributed by atoms with Gasteiger partial charge in [0.1, 0.15) is 0 Å². The average Bonchev–Trinajstić information content (AvgIpc) is 2.26. The maximum atomic E-state index is 11.6. The van der Waals surface area contributed by atoms with Crippen molar-refractivity contribution in [2.75, 3.05) is 25.2 Å². The fourth-order valence-electron chi connectivity index (χ4n) is 1.19. The molecule has 5 nitrogen and oxygen atoms in total. The number of halogens is 1. The number of nitrogens with one attached hydrogen (secondary N) is 1. The number of rotatable bonds is 5. The van der Waals surface area contributed by atoms with Crippen LogP contribution in [0.4, 0.5) is 5.69 Å². The monoisotopic (exact) mass is 334 g/mol. The van der Waals surface area contributed by atoms with Crippen molar-refractivity contribution in [2.24, 2.45) is 0 Å². The van der Waals surface area contributed by atoms with Gasteiger partial charge in [-0.1, -0.05) is 22.0 Å². The highest BCUT2D eigenvalue weighted by Crippen LogP contribution is 2.15. The molecule has 1 N–H and O–H groups in total. The molecule has 1 rings (SSSR count). The molecule has 0 aliphatic rings. The Bertz CT molecular complexity index is 529. The molecule has 1 aromatic rings. The number of nitrogens with zero attached hydrogens (tertiary/aromatic N) is 1. The van der Waals surface area contributed by atoms with Gasteiger partial charge in [0.15, 0.2) is 0 Å². The van der Waals surface area contributed by atoms with Crippen LogP contribution in [0.5, 0.6) is 0 Å². The molecular formula is C11H15BrN2O3S. The summed E-state index contributed by atoms with van der Waals surface area (Å²) < 4.78 is 24.9. The number of amides is 1. The minimum Gasteiger partial charge on any atom is -0.326 e. The van der Waals surface area contributed by atoms with Crippen molar-refractivity contribution in [2.45, 2.75) is 6.42 Å². The van der Waals surface area contributed by atoms with E-state index in [0.717, 1.165) is 8.78 Å². The molecule has 0 aliphatic carbocycles. The number of anilines is 1. The molecule has 0 atom stereocenters. The van der Waals surface area contributed by atoms with Crippen molar-refractivity contribution in [1.29, 1.82) is 0 Å². The van der Waals surface area contributed by atoms with Crippen LogP contribution < -0.4 is 5.32 Å². The van der Waals surface area contributed by atoms with Gasteiger partial charge in [-0.05, 0) is 18.2 Å². The maximum absolute atomic E-state index is 11.6.